The maximum absolute atomic E-state index is 13.0. The molecule has 27 heavy (non-hydrogen) atoms. The third-order valence-corrected chi connectivity index (χ3v) is 3.76. The first-order valence-electron chi connectivity index (χ1n) is 8.81. The van der Waals surface area contributed by atoms with E-state index < -0.39 is 5.83 Å². The molecule has 0 aliphatic heterocycles. The zero-order chi connectivity index (χ0) is 19.8. The molecule has 0 saturated heterocycles. The number of pyridine rings is 1. The van der Waals surface area contributed by atoms with Crippen molar-refractivity contribution in [2.45, 2.75) is 27.2 Å². The SMILES string of the molecule is C=C(F)/C=C\C(=C/C)c1nn2ccccc2c1Cc1ccnc(N)n1.CC. The van der Waals surface area contributed by atoms with Gasteiger partial charge in [0, 0.05) is 24.4 Å². The standard InChI is InChI=1S/C19H18FN5.C2H6/c1-3-14(8-7-13(2)20)18-16(12-15-9-10-22-19(21)23-15)17-6-4-5-11-25(17)24-18;1-2/h3-11H,2,12H2,1H3,(H2,21,22,23);1-2H3/b8-7-,14-3+;. The quantitative estimate of drug-likeness (QED) is 0.662. The van der Waals surface area contributed by atoms with Gasteiger partial charge in [0.25, 0.3) is 0 Å². The molecule has 0 atom stereocenters. The van der Waals surface area contributed by atoms with Crippen molar-refractivity contribution in [1.82, 2.24) is 19.6 Å². The van der Waals surface area contributed by atoms with E-state index in [1.54, 1.807) is 16.8 Å². The number of nitrogens with two attached hydrogens (primary N) is 1. The fourth-order valence-electron chi connectivity index (χ4n) is 2.64. The topological polar surface area (TPSA) is 69.1 Å². The number of nitrogens with zero attached hydrogens (tertiary/aromatic N) is 4. The number of allylic oxidation sites excluding steroid dienone is 5. The summed E-state index contributed by atoms with van der Waals surface area (Å²) in [6, 6.07) is 7.67. The second-order valence-electron chi connectivity index (χ2n) is 5.46. The summed E-state index contributed by atoms with van der Waals surface area (Å²) < 4.78 is 14.8. The van der Waals surface area contributed by atoms with Crippen molar-refractivity contribution in [3.63, 3.8) is 0 Å². The summed E-state index contributed by atoms with van der Waals surface area (Å²) in [5.41, 5.74) is 10.0. The first-order valence-corrected chi connectivity index (χ1v) is 8.81. The normalized spacial score (nSPS) is 11.5. The van der Waals surface area contributed by atoms with Gasteiger partial charge in [-0.2, -0.15) is 5.10 Å². The Bertz CT molecular complexity index is 985. The Hall–Kier alpha value is -3.28. The summed E-state index contributed by atoms with van der Waals surface area (Å²) in [5, 5.41) is 4.65. The molecule has 0 unspecified atom stereocenters. The molecule has 3 heterocycles. The Morgan fingerprint density at radius 3 is 2.70 bits per heavy atom. The maximum atomic E-state index is 13.0. The molecule has 0 saturated carbocycles. The lowest BCUT2D eigenvalue weighted by Gasteiger charge is -2.04. The molecule has 2 N–H and O–H groups in total. The summed E-state index contributed by atoms with van der Waals surface area (Å²) in [7, 11) is 0. The Kier molecular flexibility index (Phi) is 7.00. The molecule has 0 aliphatic carbocycles. The van der Waals surface area contributed by atoms with Crippen LogP contribution in [0.25, 0.3) is 11.1 Å². The van der Waals surface area contributed by atoms with Crippen LogP contribution in [0.3, 0.4) is 0 Å². The highest BCUT2D eigenvalue weighted by atomic mass is 19.1. The largest absolute Gasteiger partial charge is 0.368 e. The Balaban J connectivity index is 0.00000126. The highest BCUT2D eigenvalue weighted by Gasteiger charge is 2.16. The molecule has 6 heteroatoms. The molecule has 0 radical (unpaired) electrons. The van der Waals surface area contributed by atoms with Gasteiger partial charge in [-0.1, -0.05) is 38.6 Å². The van der Waals surface area contributed by atoms with Crippen molar-refractivity contribution in [2.75, 3.05) is 5.73 Å². The number of hydrogen-bond donors (Lipinski definition) is 1. The zero-order valence-electron chi connectivity index (χ0n) is 15.9. The van der Waals surface area contributed by atoms with Gasteiger partial charge >= 0.3 is 0 Å². The summed E-state index contributed by atoms with van der Waals surface area (Å²) in [6.45, 7) is 9.15. The maximum Gasteiger partial charge on any atom is 0.220 e. The van der Waals surface area contributed by atoms with Gasteiger partial charge < -0.3 is 5.73 Å². The molecule has 0 aliphatic rings. The van der Waals surface area contributed by atoms with Crippen LogP contribution < -0.4 is 5.73 Å². The highest BCUT2D eigenvalue weighted by Crippen LogP contribution is 2.26. The lowest BCUT2D eigenvalue weighted by molar-refractivity contribution is 0.671. The van der Waals surface area contributed by atoms with Gasteiger partial charge in [0.2, 0.25) is 5.95 Å². The van der Waals surface area contributed by atoms with Crippen LogP contribution in [-0.2, 0) is 6.42 Å². The van der Waals surface area contributed by atoms with E-state index in [0.29, 0.717) is 6.42 Å². The van der Waals surface area contributed by atoms with Gasteiger partial charge in [0.05, 0.1) is 16.9 Å². The number of anilines is 1. The van der Waals surface area contributed by atoms with Crippen LogP contribution in [-0.4, -0.2) is 19.6 Å². The monoisotopic (exact) mass is 365 g/mol. The molecule has 0 bridgehead atoms. The number of nitrogen functional groups attached to an aromatic ring is 1. The Labute approximate surface area is 158 Å². The third kappa shape index (κ3) is 4.88. The van der Waals surface area contributed by atoms with E-state index in [2.05, 4.69) is 21.6 Å². The molecular formula is C21H24FN5. The summed E-state index contributed by atoms with van der Waals surface area (Å²) >= 11 is 0. The van der Waals surface area contributed by atoms with E-state index in [4.69, 9.17) is 5.73 Å². The average Bonchev–Trinajstić information content (AvgIpc) is 3.02. The summed E-state index contributed by atoms with van der Waals surface area (Å²) in [4.78, 5) is 8.20. The molecule has 0 fully saturated rings. The predicted molar refractivity (Wildman–Crippen MR) is 109 cm³/mol. The smallest absolute Gasteiger partial charge is 0.220 e. The number of rotatable bonds is 5. The van der Waals surface area contributed by atoms with Gasteiger partial charge in [0.1, 0.15) is 5.83 Å². The van der Waals surface area contributed by atoms with Gasteiger partial charge in [-0.3, -0.25) is 0 Å². The van der Waals surface area contributed by atoms with Crippen molar-refractivity contribution in [1.29, 1.82) is 0 Å². The van der Waals surface area contributed by atoms with Crippen LogP contribution in [0.5, 0.6) is 0 Å². The minimum Gasteiger partial charge on any atom is -0.368 e. The van der Waals surface area contributed by atoms with E-state index in [0.717, 1.165) is 28.0 Å². The van der Waals surface area contributed by atoms with E-state index in [-0.39, 0.29) is 5.95 Å². The lowest BCUT2D eigenvalue weighted by Crippen LogP contribution is -2.00. The van der Waals surface area contributed by atoms with Crippen LogP contribution >= 0.6 is 0 Å². The zero-order valence-corrected chi connectivity index (χ0v) is 15.9. The van der Waals surface area contributed by atoms with Crippen molar-refractivity contribution in [3.05, 3.63) is 84.2 Å². The predicted octanol–water partition coefficient (Wildman–Crippen LogP) is 4.77. The average molecular weight is 365 g/mol. The molecule has 5 nitrogen and oxygen atoms in total. The molecule has 140 valence electrons. The van der Waals surface area contributed by atoms with Gasteiger partial charge in [-0.05, 0) is 36.8 Å². The Morgan fingerprint density at radius 1 is 1.26 bits per heavy atom. The molecule has 0 spiro atoms. The van der Waals surface area contributed by atoms with Crippen LogP contribution in [0.4, 0.5) is 10.3 Å². The summed E-state index contributed by atoms with van der Waals surface area (Å²) in [5.74, 6) is -0.274. The first kappa shape index (κ1) is 20.0. The Morgan fingerprint density at radius 2 is 2.04 bits per heavy atom. The summed E-state index contributed by atoms with van der Waals surface area (Å²) in [6.07, 6.45) is 8.93. The molecule has 3 aromatic heterocycles. The number of hydrogen-bond acceptors (Lipinski definition) is 4. The van der Waals surface area contributed by atoms with Gasteiger partial charge in [-0.25, -0.2) is 18.9 Å². The fraction of sp³-hybridized carbons (Fsp3) is 0.190. The second kappa shape index (κ2) is 9.43. The number of fused-ring (bicyclic) bond motifs is 1. The highest BCUT2D eigenvalue weighted by molar-refractivity contribution is 5.78. The van der Waals surface area contributed by atoms with Crippen molar-refractivity contribution in [3.8, 4) is 0 Å². The van der Waals surface area contributed by atoms with E-state index >= 15 is 0 Å². The molecule has 0 amide bonds. The van der Waals surface area contributed by atoms with Gasteiger partial charge in [0.15, 0.2) is 0 Å². The molecule has 3 aromatic rings. The van der Waals surface area contributed by atoms with Gasteiger partial charge in [-0.15, -0.1) is 0 Å². The van der Waals surface area contributed by atoms with Crippen molar-refractivity contribution < 1.29 is 4.39 Å². The van der Waals surface area contributed by atoms with Crippen molar-refractivity contribution >= 4 is 17.0 Å². The minimum absolute atomic E-state index is 0.232. The molecular weight excluding hydrogens is 341 g/mol. The molecule has 3 rings (SSSR count). The first-order chi connectivity index (χ1) is 13.1. The van der Waals surface area contributed by atoms with E-state index in [9.17, 15) is 4.39 Å². The van der Waals surface area contributed by atoms with E-state index in [1.165, 1.54) is 6.08 Å². The third-order valence-electron chi connectivity index (χ3n) is 3.76. The lowest BCUT2D eigenvalue weighted by atomic mass is 10.0. The van der Waals surface area contributed by atoms with E-state index in [1.807, 2.05) is 57.3 Å². The minimum atomic E-state index is -0.506. The number of aromatic nitrogens is 4. The fourth-order valence-corrected chi connectivity index (χ4v) is 2.64. The number of halogens is 1. The van der Waals surface area contributed by atoms with Crippen LogP contribution in [0.15, 0.2) is 67.3 Å². The van der Waals surface area contributed by atoms with Crippen LogP contribution in [0.2, 0.25) is 0 Å². The molecule has 0 aromatic carbocycles. The van der Waals surface area contributed by atoms with Crippen LogP contribution in [0, 0.1) is 0 Å². The second-order valence-corrected chi connectivity index (χ2v) is 5.46. The van der Waals surface area contributed by atoms with Crippen molar-refractivity contribution in [2.24, 2.45) is 0 Å². The van der Waals surface area contributed by atoms with Crippen LogP contribution in [0.1, 0.15) is 37.7 Å².